The van der Waals surface area contributed by atoms with E-state index in [1.54, 1.807) is 11.3 Å². The summed E-state index contributed by atoms with van der Waals surface area (Å²) in [4.78, 5) is 8.37. The van der Waals surface area contributed by atoms with Crippen LogP contribution in [0.1, 0.15) is 44.9 Å². The highest BCUT2D eigenvalue weighted by molar-refractivity contribution is 7.15. The Morgan fingerprint density at radius 2 is 2.22 bits per heavy atom. The maximum absolute atomic E-state index is 4.40. The Kier molecular flexibility index (Phi) is 4.62. The zero-order chi connectivity index (χ0) is 13.0. The fourth-order valence-electron chi connectivity index (χ4n) is 2.47. The van der Waals surface area contributed by atoms with Gasteiger partial charge in [0.25, 0.3) is 0 Å². The van der Waals surface area contributed by atoms with Crippen molar-refractivity contribution in [3.05, 3.63) is 11.1 Å². The molecule has 1 N–H and O–H groups in total. The van der Waals surface area contributed by atoms with Gasteiger partial charge in [-0.15, -0.1) is 11.3 Å². The highest BCUT2D eigenvalue weighted by atomic mass is 32.1. The molecule has 0 unspecified atom stereocenters. The number of aromatic nitrogens is 1. The van der Waals surface area contributed by atoms with E-state index >= 15 is 0 Å². The summed E-state index contributed by atoms with van der Waals surface area (Å²) in [6, 6.07) is 0. The SMILES string of the molecule is CCNc1ncc(CN2CCCC(C)(C)CC2)s1. The molecule has 0 spiro atoms. The van der Waals surface area contributed by atoms with E-state index in [1.807, 2.05) is 6.20 Å². The van der Waals surface area contributed by atoms with E-state index < -0.39 is 0 Å². The third-order valence-corrected chi connectivity index (χ3v) is 4.63. The number of hydrogen-bond acceptors (Lipinski definition) is 4. The zero-order valence-corrected chi connectivity index (χ0v) is 12.6. The van der Waals surface area contributed by atoms with Gasteiger partial charge in [-0.2, -0.15) is 0 Å². The first kappa shape index (κ1) is 13.8. The van der Waals surface area contributed by atoms with Gasteiger partial charge in [0, 0.05) is 24.2 Å². The average molecular weight is 267 g/mol. The molecule has 1 aromatic rings. The van der Waals surface area contributed by atoms with Gasteiger partial charge in [-0.3, -0.25) is 4.90 Å². The number of likely N-dealkylation sites (tertiary alicyclic amines) is 1. The summed E-state index contributed by atoms with van der Waals surface area (Å²) in [5, 5.41) is 4.34. The van der Waals surface area contributed by atoms with Gasteiger partial charge in [0.15, 0.2) is 5.13 Å². The van der Waals surface area contributed by atoms with Crippen LogP contribution in [0.5, 0.6) is 0 Å². The Morgan fingerprint density at radius 1 is 1.39 bits per heavy atom. The summed E-state index contributed by atoms with van der Waals surface area (Å²) in [6.07, 6.45) is 6.02. The highest BCUT2D eigenvalue weighted by Gasteiger charge is 2.23. The molecule has 0 atom stereocenters. The molecule has 0 radical (unpaired) electrons. The molecular formula is C14H25N3S. The fraction of sp³-hybridized carbons (Fsp3) is 0.786. The second-order valence-corrected chi connectivity index (χ2v) is 7.07. The molecule has 2 rings (SSSR count). The highest BCUT2D eigenvalue weighted by Crippen LogP contribution is 2.30. The topological polar surface area (TPSA) is 28.2 Å². The van der Waals surface area contributed by atoms with E-state index in [-0.39, 0.29) is 0 Å². The summed E-state index contributed by atoms with van der Waals surface area (Å²) in [5.74, 6) is 0. The smallest absolute Gasteiger partial charge is 0.182 e. The molecule has 0 aliphatic carbocycles. The lowest BCUT2D eigenvalue weighted by Crippen LogP contribution is -2.24. The minimum atomic E-state index is 0.525. The first-order valence-electron chi connectivity index (χ1n) is 7.00. The maximum atomic E-state index is 4.40. The molecule has 1 fully saturated rings. The maximum Gasteiger partial charge on any atom is 0.182 e. The van der Waals surface area contributed by atoms with Gasteiger partial charge in [0.1, 0.15) is 0 Å². The lowest BCUT2D eigenvalue weighted by atomic mass is 9.85. The van der Waals surface area contributed by atoms with Gasteiger partial charge >= 0.3 is 0 Å². The summed E-state index contributed by atoms with van der Waals surface area (Å²) in [5.41, 5.74) is 0.525. The first-order valence-corrected chi connectivity index (χ1v) is 7.82. The van der Waals surface area contributed by atoms with Crippen molar-refractivity contribution in [1.82, 2.24) is 9.88 Å². The molecule has 1 aromatic heterocycles. The largest absolute Gasteiger partial charge is 0.362 e. The molecule has 18 heavy (non-hydrogen) atoms. The van der Waals surface area contributed by atoms with E-state index in [1.165, 1.54) is 37.2 Å². The first-order chi connectivity index (χ1) is 8.59. The Morgan fingerprint density at radius 3 is 3.00 bits per heavy atom. The van der Waals surface area contributed by atoms with Gasteiger partial charge in [0.05, 0.1) is 0 Å². The number of anilines is 1. The predicted molar refractivity (Wildman–Crippen MR) is 79.2 cm³/mol. The Bertz CT molecular complexity index is 373. The van der Waals surface area contributed by atoms with Crippen molar-refractivity contribution in [2.75, 3.05) is 25.0 Å². The lowest BCUT2D eigenvalue weighted by Gasteiger charge is -2.22. The summed E-state index contributed by atoms with van der Waals surface area (Å²) in [7, 11) is 0. The zero-order valence-electron chi connectivity index (χ0n) is 11.8. The molecule has 2 heterocycles. The average Bonchev–Trinajstić information content (AvgIpc) is 2.66. The molecule has 0 amide bonds. The number of rotatable bonds is 4. The molecule has 1 aliphatic rings. The molecule has 1 saturated heterocycles. The summed E-state index contributed by atoms with van der Waals surface area (Å²) < 4.78 is 0. The summed E-state index contributed by atoms with van der Waals surface area (Å²) in [6.45, 7) is 11.4. The monoisotopic (exact) mass is 267 g/mol. The van der Waals surface area contributed by atoms with Crippen LogP contribution in [0.25, 0.3) is 0 Å². The van der Waals surface area contributed by atoms with Crippen LogP contribution in [0.4, 0.5) is 5.13 Å². The predicted octanol–water partition coefficient (Wildman–Crippen LogP) is 3.59. The summed E-state index contributed by atoms with van der Waals surface area (Å²) >= 11 is 1.79. The lowest BCUT2D eigenvalue weighted by molar-refractivity contribution is 0.257. The Balaban J connectivity index is 1.88. The molecule has 4 heteroatoms. The van der Waals surface area contributed by atoms with E-state index in [2.05, 4.69) is 36.0 Å². The van der Waals surface area contributed by atoms with E-state index in [0.717, 1.165) is 18.2 Å². The van der Waals surface area contributed by atoms with Crippen molar-refractivity contribution in [2.45, 2.75) is 46.6 Å². The number of hydrogen-bond donors (Lipinski definition) is 1. The van der Waals surface area contributed by atoms with Crippen LogP contribution in [0.3, 0.4) is 0 Å². The van der Waals surface area contributed by atoms with Crippen molar-refractivity contribution < 1.29 is 0 Å². The molecular weight excluding hydrogens is 242 g/mol. The van der Waals surface area contributed by atoms with Crippen LogP contribution in [0.15, 0.2) is 6.20 Å². The van der Waals surface area contributed by atoms with Gasteiger partial charge in [-0.1, -0.05) is 13.8 Å². The van der Waals surface area contributed by atoms with Crippen molar-refractivity contribution in [1.29, 1.82) is 0 Å². The standard InChI is InChI=1S/C14H25N3S/c1-4-15-13-16-10-12(18-13)11-17-8-5-6-14(2,3)7-9-17/h10H,4-9,11H2,1-3H3,(H,15,16). The van der Waals surface area contributed by atoms with Crippen LogP contribution in [-0.2, 0) is 6.54 Å². The minimum Gasteiger partial charge on any atom is -0.362 e. The quantitative estimate of drug-likeness (QED) is 0.903. The van der Waals surface area contributed by atoms with Gasteiger partial charge in [0.2, 0.25) is 0 Å². The second kappa shape index (κ2) is 6.02. The number of nitrogens with one attached hydrogen (secondary N) is 1. The van der Waals surface area contributed by atoms with Crippen LogP contribution in [0, 0.1) is 5.41 Å². The second-order valence-electron chi connectivity index (χ2n) is 5.96. The van der Waals surface area contributed by atoms with Crippen LogP contribution >= 0.6 is 11.3 Å². The minimum absolute atomic E-state index is 0.525. The molecule has 3 nitrogen and oxygen atoms in total. The van der Waals surface area contributed by atoms with Crippen LogP contribution in [0.2, 0.25) is 0 Å². The third kappa shape index (κ3) is 3.95. The Hall–Kier alpha value is -0.610. The van der Waals surface area contributed by atoms with Crippen molar-refractivity contribution in [2.24, 2.45) is 5.41 Å². The van der Waals surface area contributed by atoms with Crippen LogP contribution in [-0.4, -0.2) is 29.5 Å². The normalized spacial score (nSPS) is 20.6. The number of thiazole rings is 1. The Labute approximate surface area is 115 Å². The van der Waals surface area contributed by atoms with E-state index in [0.29, 0.717) is 5.41 Å². The van der Waals surface area contributed by atoms with Crippen molar-refractivity contribution >= 4 is 16.5 Å². The molecule has 0 saturated carbocycles. The van der Waals surface area contributed by atoms with E-state index in [9.17, 15) is 0 Å². The molecule has 0 bridgehead atoms. The molecule has 0 aromatic carbocycles. The molecule has 1 aliphatic heterocycles. The van der Waals surface area contributed by atoms with Crippen molar-refractivity contribution in [3.63, 3.8) is 0 Å². The van der Waals surface area contributed by atoms with Gasteiger partial charge < -0.3 is 5.32 Å². The van der Waals surface area contributed by atoms with Crippen molar-refractivity contribution in [3.8, 4) is 0 Å². The van der Waals surface area contributed by atoms with Gasteiger partial charge in [-0.05, 0) is 44.7 Å². The fourth-order valence-corrected chi connectivity index (χ4v) is 3.39. The van der Waals surface area contributed by atoms with E-state index in [4.69, 9.17) is 0 Å². The van der Waals surface area contributed by atoms with Crippen LogP contribution < -0.4 is 5.32 Å². The van der Waals surface area contributed by atoms with Gasteiger partial charge in [-0.25, -0.2) is 4.98 Å². The number of nitrogens with zero attached hydrogens (tertiary/aromatic N) is 2. The molecule has 102 valence electrons. The third-order valence-electron chi connectivity index (χ3n) is 3.69.